The Morgan fingerprint density at radius 2 is 1.19 bits per heavy atom. The Morgan fingerprint density at radius 3 is 1.44 bits per heavy atom. The Kier molecular flexibility index (Phi) is 4.10. The summed E-state index contributed by atoms with van der Waals surface area (Å²) in [6.45, 7) is 7.60. The highest BCUT2D eigenvalue weighted by molar-refractivity contribution is 5.46. The summed E-state index contributed by atoms with van der Waals surface area (Å²) >= 11 is 0. The van der Waals surface area contributed by atoms with E-state index in [4.69, 9.17) is 9.47 Å². The summed E-state index contributed by atoms with van der Waals surface area (Å²) < 4.78 is 10.7. The van der Waals surface area contributed by atoms with Gasteiger partial charge in [0.05, 0.1) is 12.2 Å². The van der Waals surface area contributed by atoms with Crippen LogP contribution in [0.4, 0.5) is 0 Å². The molecule has 90 valence electrons. The van der Waals surface area contributed by atoms with Crippen LogP contribution >= 0.6 is 0 Å². The van der Waals surface area contributed by atoms with Gasteiger partial charge in [-0.05, 0) is 26.7 Å². The summed E-state index contributed by atoms with van der Waals surface area (Å²) in [5, 5.41) is 0. The van der Waals surface area contributed by atoms with E-state index in [1.165, 1.54) is 0 Å². The van der Waals surface area contributed by atoms with Crippen LogP contribution in [-0.4, -0.2) is 12.2 Å². The molecule has 0 fully saturated rings. The zero-order valence-electron chi connectivity index (χ0n) is 10.2. The van der Waals surface area contributed by atoms with Gasteiger partial charge < -0.3 is 9.47 Å². The number of rotatable bonds is 6. The van der Waals surface area contributed by atoms with Crippen LogP contribution in [0.25, 0.3) is 0 Å². The van der Waals surface area contributed by atoms with Gasteiger partial charge >= 0.3 is 0 Å². The fourth-order valence-corrected chi connectivity index (χ4v) is 1.13. The summed E-state index contributed by atoms with van der Waals surface area (Å²) in [6, 6.07) is 0. The Labute approximate surface area is 94.9 Å². The van der Waals surface area contributed by atoms with Crippen molar-refractivity contribution in [1.29, 1.82) is 0 Å². The first-order valence-electron chi connectivity index (χ1n) is 5.67. The van der Waals surface area contributed by atoms with Crippen LogP contribution in [0.2, 0.25) is 0 Å². The van der Waals surface area contributed by atoms with Crippen LogP contribution in [0.1, 0.15) is 40.5 Å². The predicted molar refractivity (Wildman–Crippen MR) is 62.1 cm³/mol. The van der Waals surface area contributed by atoms with Crippen molar-refractivity contribution in [1.82, 2.24) is 0 Å². The highest BCUT2D eigenvalue weighted by atomic mass is 16.5. The largest absolute Gasteiger partial charge is 0.483 e. The molecular weight excluding hydrogens is 208 g/mol. The molecule has 4 heteroatoms. The van der Waals surface area contributed by atoms with E-state index in [2.05, 4.69) is 0 Å². The SMILES string of the molecule is CCC(C)Oc1c(OC(C)CC)c(=O)c1=O. The molecule has 2 atom stereocenters. The van der Waals surface area contributed by atoms with E-state index in [1.54, 1.807) is 0 Å². The molecule has 0 bridgehead atoms. The second kappa shape index (κ2) is 5.14. The van der Waals surface area contributed by atoms with E-state index in [0.29, 0.717) is 0 Å². The molecule has 16 heavy (non-hydrogen) atoms. The molecule has 0 aliphatic heterocycles. The highest BCUT2D eigenvalue weighted by Gasteiger charge is 2.26. The molecule has 0 amide bonds. The summed E-state index contributed by atoms with van der Waals surface area (Å²) in [5.74, 6) is 0.194. The summed E-state index contributed by atoms with van der Waals surface area (Å²) in [4.78, 5) is 22.6. The zero-order valence-corrected chi connectivity index (χ0v) is 10.2. The van der Waals surface area contributed by atoms with E-state index in [0.717, 1.165) is 12.8 Å². The fourth-order valence-electron chi connectivity index (χ4n) is 1.13. The molecule has 0 saturated carbocycles. The Balaban J connectivity index is 2.82. The van der Waals surface area contributed by atoms with Crippen molar-refractivity contribution >= 4 is 0 Å². The summed E-state index contributed by atoms with van der Waals surface area (Å²) in [6.07, 6.45) is 1.40. The lowest BCUT2D eigenvalue weighted by atomic mass is 10.2. The molecule has 0 aromatic heterocycles. The Morgan fingerprint density at radius 1 is 0.875 bits per heavy atom. The lowest BCUT2D eigenvalue weighted by Crippen LogP contribution is -2.37. The first kappa shape index (κ1) is 12.7. The molecule has 0 heterocycles. The maximum atomic E-state index is 11.3. The summed E-state index contributed by atoms with van der Waals surface area (Å²) in [7, 11) is 0. The van der Waals surface area contributed by atoms with E-state index in [-0.39, 0.29) is 23.7 Å². The second-order valence-electron chi connectivity index (χ2n) is 3.99. The minimum Gasteiger partial charge on any atom is -0.483 e. The van der Waals surface area contributed by atoms with Gasteiger partial charge in [0.1, 0.15) is 0 Å². The van der Waals surface area contributed by atoms with Gasteiger partial charge in [0.2, 0.25) is 11.5 Å². The van der Waals surface area contributed by atoms with Gasteiger partial charge in [0.25, 0.3) is 10.9 Å². The Bertz CT molecular complexity index is 375. The number of hydrogen-bond donors (Lipinski definition) is 0. The molecule has 1 aromatic rings. The van der Waals surface area contributed by atoms with Crippen molar-refractivity contribution in [2.45, 2.75) is 52.7 Å². The van der Waals surface area contributed by atoms with Crippen LogP contribution < -0.4 is 20.3 Å². The maximum absolute atomic E-state index is 11.3. The molecule has 1 aromatic carbocycles. The lowest BCUT2D eigenvalue weighted by Gasteiger charge is -2.19. The van der Waals surface area contributed by atoms with Gasteiger partial charge in [-0.2, -0.15) is 0 Å². The highest BCUT2D eigenvalue weighted by Crippen LogP contribution is 2.23. The van der Waals surface area contributed by atoms with Crippen LogP contribution in [-0.2, 0) is 0 Å². The van der Waals surface area contributed by atoms with Gasteiger partial charge in [-0.25, -0.2) is 0 Å². The van der Waals surface area contributed by atoms with E-state index >= 15 is 0 Å². The van der Waals surface area contributed by atoms with E-state index < -0.39 is 10.9 Å². The van der Waals surface area contributed by atoms with Crippen molar-refractivity contribution in [3.63, 3.8) is 0 Å². The fraction of sp³-hybridized carbons (Fsp3) is 0.667. The van der Waals surface area contributed by atoms with Crippen molar-refractivity contribution in [2.24, 2.45) is 0 Å². The molecule has 0 radical (unpaired) electrons. The molecular formula is C12H18O4. The molecule has 0 aliphatic carbocycles. The van der Waals surface area contributed by atoms with E-state index in [9.17, 15) is 9.59 Å². The van der Waals surface area contributed by atoms with Gasteiger partial charge in [-0.1, -0.05) is 13.8 Å². The van der Waals surface area contributed by atoms with Gasteiger partial charge in [0, 0.05) is 0 Å². The quantitative estimate of drug-likeness (QED) is 0.692. The second-order valence-corrected chi connectivity index (χ2v) is 3.99. The maximum Gasteiger partial charge on any atom is 0.275 e. The van der Waals surface area contributed by atoms with Crippen molar-refractivity contribution in [3.05, 3.63) is 20.4 Å². The average Bonchev–Trinajstić information content (AvgIpc) is 2.31. The third kappa shape index (κ3) is 2.43. The lowest BCUT2D eigenvalue weighted by molar-refractivity contribution is 0.168. The smallest absolute Gasteiger partial charge is 0.275 e. The van der Waals surface area contributed by atoms with Crippen LogP contribution in [0.5, 0.6) is 11.5 Å². The third-order valence-corrected chi connectivity index (χ3v) is 2.61. The van der Waals surface area contributed by atoms with Crippen LogP contribution in [0.3, 0.4) is 0 Å². The minimum absolute atomic E-state index is 0.0809. The van der Waals surface area contributed by atoms with Crippen molar-refractivity contribution in [3.8, 4) is 11.5 Å². The van der Waals surface area contributed by atoms with Gasteiger partial charge in [0.15, 0.2) is 0 Å². The van der Waals surface area contributed by atoms with Crippen LogP contribution in [0.15, 0.2) is 9.59 Å². The Hall–Kier alpha value is -1.32. The summed E-state index contributed by atoms with van der Waals surface area (Å²) in [5.41, 5.74) is -1.14. The molecule has 0 spiro atoms. The monoisotopic (exact) mass is 226 g/mol. The normalized spacial score (nSPS) is 14.8. The molecule has 0 saturated heterocycles. The molecule has 1 rings (SSSR count). The first-order valence-corrected chi connectivity index (χ1v) is 5.67. The third-order valence-electron chi connectivity index (χ3n) is 2.61. The first-order chi connectivity index (χ1) is 7.51. The number of hydrogen-bond acceptors (Lipinski definition) is 4. The van der Waals surface area contributed by atoms with E-state index in [1.807, 2.05) is 27.7 Å². The van der Waals surface area contributed by atoms with Crippen molar-refractivity contribution < 1.29 is 9.47 Å². The molecule has 2 unspecified atom stereocenters. The van der Waals surface area contributed by atoms with Crippen LogP contribution in [0, 0.1) is 0 Å². The molecule has 4 nitrogen and oxygen atoms in total. The average molecular weight is 226 g/mol. The molecule has 0 aliphatic rings. The topological polar surface area (TPSA) is 52.6 Å². The standard InChI is InChI=1S/C12H18O4/c1-5-7(3)15-11-9(13)10(14)12(11)16-8(4)6-2/h7-8H,5-6H2,1-4H3. The van der Waals surface area contributed by atoms with Crippen molar-refractivity contribution in [2.75, 3.05) is 0 Å². The van der Waals surface area contributed by atoms with Gasteiger partial charge in [-0.3, -0.25) is 9.59 Å². The zero-order chi connectivity index (χ0) is 12.3. The number of ether oxygens (including phenoxy) is 2. The minimum atomic E-state index is -0.571. The van der Waals surface area contributed by atoms with Gasteiger partial charge in [-0.15, -0.1) is 0 Å². The molecule has 0 N–H and O–H groups in total. The predicted octanol–water partition coefficient (Wildman–Crippen LogP) is 1.64.